The van der Waals surface area contributed by atoms with Gasteiger partial charge in [0.25, 0.3) is 5.91 Å². The fourth-order valence-corrected chi connectivity index (χ4v) is 4.29. The Bertz CT molecular complexity index is 1090. The molecule has 0 bridgehead atoms. The van der Waals surface area contributed by atoms with Gasteiger partial charge in [-0.25, -0.2) is 4.79 Å². The molecular formula is C23H23ClN4O4. The number of nitrogens with zero attached hydrogens (tertiary/aromatic N) is 2. The first-order valence-electron chi connectivity index (χ1n) is 10.4. The number of carbonyl (C=O) groups is 4. The topological polar surface area (TPSA) is 98.8 Å². The third-order valence-electron chi connectivity index (χ3n) is 5.86. The van der Waals surface area contributed by atoms with Crippen LogP contribution in [0.25, 0.3) is 0 Å². The van der Waals surface area contributed by atoms with Gasteiger partial charge in [0.1, 0.15) is 12.1 Å². The number of rotatable bonds is 6. The molecule has 5 amide bonds. The predicted molar refractivity (Wildman–Crippen MR) is 120 cm³/mol. The lowest BCUT2D eigenvalue weighted by molar-refractivity contribution is -0.134. The van der Waals surface area contributed by atoms with Gasteiger partial charge in [-0.05, 0) is 48.7 Å². The van der Waals surface area contributed by atoms with E-state index in [1.807, 2.05) is 0 Å². The minimum atomic E-state index is -1.24. The van der Waals surface area contributed by atoms with E-state index in [9.17, 15) is 19.2 Å². The molecule has 0 radical (unpaired) electrons. The van der Waals surface area contributed by atoms with Crippen molar-refractivity contribution in [2.75, 3.05) is 23.3 Å². The molecule has 2 aliphatic heterocycles. The van der Waals surface area contributed by atoms with Crippen LogP contribution >= 0.6 is 11.6 Å². The van der Waals surface area contributed by atoms with E-state index in [1.165, 1.54) is 0 Å². The van der Waals surface area contributed by atoms with Gasteiger partial charge in [-0.2, -0.15) is 0 Å². The summed E-state index contributed by atoms with van der Waals surface area (Å²) in [7, 11) is 0. The molecule has 2 N–H and O–H groups in total. The first kappa shape index (κ1) is 21.8. The van der Waals surface area contributed by atoms with Crippen molar-refractivity contribution in [3.05, 3.63) is 59.1 Å². The van der Waals surface area contributed by atoms with Crippen LogP contribution in [-0.2, 0) is 19.9 Å². The van der Waals surface area contributed by atoms with Crippen molar-refractivity contribution >= 4 is 46.7 Å². The minimum absolute atomic E-state index is 0.0471. The van der Waals surface area contributed by atoms with Crippen molar-refractivity contribution in [1.82, 2.24) is 10.2 Å². The van der Waals surface area contributed by atoms with Crippen LogP contribution in [0.15, 0.2) is 48.5 Å². The molecule has 1 unspecified atom stereocenters. The van der Waals surface area contributed by atoms with Gasteiger partial charge in [0.05, 0.1) is 0 Å². The number of carbonyl (C=O) groups excluding carboxylic acids is 4. The predicted octanol–water partition coefficient (Wildman–Crippen LogP) is 3.26. The van der Waals surface area contributed by atoms with Crippen LogP contribution in [0.3, 0.4) is 0 Å². The first-order chi connectivity index (χ1) is 15.3. The number of urea groups is 1. The van der Waals surface area contributed by atoms with Gasteiger partial charge in [-0.15, -0.1) is 0 Å². The van der Waals surface area contributed by atoms with E-state index in [-0.39, 0.29) is 5.91 Å². The molecule has 32 heavy (non-hydrogen) atoms. The SMILES string of the molecule is CCC1(c2ccc(Cl)cc2)NC(=O)N(CC(=O)Nc2cccc(N3CCCC3=O)c2)C1=O. The third-order valence-corrected chi connectivity index (χ3v) is 6.11. The molecule has 2 aliphatic rings. The number of halogens is 1. The summed E-state index contributed by atoms with van der Waals surface area (Å²) in [5.41, 5.74) is 0.554. The van der Waals surface area contributed by atoms with E-state index >= 15 is 0 Å². The van der Waals surface area contributed by atoms with Crippen molar-refractivity contribution < 1.29 is 19.2 Å². The van der Waals surface area contributed by atoms with Gasteiger partial charge in [0, 0.05) is 29.4 Å². The van der Waals surface area contributed by atoms with Crippen molar-refractivity contribution in [3.8, 4) is 0 Å². The molecular weight excluding hydrogens is 432 g/mol. The normalized spacial score (nSPS) is 20.6. The molecule has 8 nitrogen and oxygen atoms in total. The molecule has 0 aliphatic carbocycles. The molecule has 2 saturated heterocycles. The zero-order chi connectivity index (χ0) is 22.9. The van der Waals surface area contributed by atoms with Gasteiger partial charge in [-0.3, -0.25) is 19.3 Å². The van der Waals surface area contributed by atoms with Gasteiger partial charge in [-0.1, -0.05) is 36.7 Å². The van der Waals surface area contributed by atoms with E-state index in [1.54, 1.807) is 60.4 Å². The lowest BCUT2D eigenvalue weighted by atomic mass is 9.87. The molecule has 2 heterocycles. The molecule has 0 aromatic heterocycles. The van der Waals surface area contributed by atoms with Crippen LogP contribution in [0, 0.1) is 0 Å². The Morgan fingerprint density at radius 3 is 2.56 bits per heavy atom. The lowest BCUT2D eigenvalue weighted by Gasteiger charge is -2.25. The first-order valence-corrected chi connectivity index (χ1v) is 10.8. The summed E-state index contributed by atoms with van der Waals surface area (Å²) in [5.74, 6) is -0.953. The van der Waals surface area contributed by atoms with Gasteiger partial charge in [0.15, 0.2) is 0 Å². The molecule has 1 atom stereocenters. The number of hydrogen-bond acceptors (Lipinski definition) is 4. The Morgan fingerprint density at radius 1 is 1.16 bits per heavy atom. The number of imide groups is 1. The summed E-state index contributed by atoms with van der Waals surface area (Å²) in [6, 6.07) is 13.0. The van der Waals surface area contributed by atoms with Crippen molar-refractivity contribution in [3.63, 3.8) is 0 Å². The number of hydrogen-bond donors (Lipinski definition) is 2. The third kappa shape index (κ3) is 3.93. The van der Waals surface area contributed by atoms with Gasteiger partial charge < -0.3 is 15.5 Å². The summed E-state index contributed by atoms with van der Waals surface area (Å²) in [4.78, 5) is 53.0. The quantitative estimate of drug-likeness (QED) is 0.654. The van der Waals surface area contributed by atoms with Crippen LogP contribution in [0.5, 0.6) is 0 Å². The van der Waals surface area contributed by atoms with Crippen molar-refractivity contribution in [1.29, 1.82) is 0 Å². The highest BCUT2D eigenvalue weighted by Gasteiger charge is 2.51. The van der Waals surface area contributed by atoms with Crippen LogP contribution in [-0.4, -0.2) is 41.7 Å². The molecule has 0 saturated carbocycles. The molecule has 166 valence electrons. The Balaban J connectivity index is 1.48. The Morgan fingerprint density at radius 2 is 1.91 bits per heavy atom. The average Bonchev–Trinajstić information content (AvgIpc) is 3.31. The standard InChI is InChI=1S/C23H23ClN4O4/c1-2-23(15-8-10-16(24)11-9-15)21(31)28(22(32)26-23)14-19(29)25-17-5-3-6-18(13-17)27-12-4-7-20(27)30/h3,5-6,8-11,13H,2,4,7,12,14H2,1H3,(H,25,29)(H,26,32). The molecule has 2 fully saturated rings. The number of amides is 5. The largest absolute Gasteiger partial charge is 0.325 e. The molecule has 0 spiro atoms. The van der Waals surface area contributed by atoms with Crippen LogP contribution in [0.1, 0.15) is 31.7 Å². The van der Waals surface area contributed by atoms with Crippen molar-refractivity contribution in [2.24, 2.45) is 0 Å². The summed E-state index contributed by atoms with van der Waals surface area (Å²) < 4.78 is 0. The van der Waals surface area contributed by atoms with Crippen molar-refractivity contribution in [2.45, 2.75) is 31.7 Å². The van der Waals surface area contributed by atoms with E-state index < -0.39 is 29.9 Å². The number of nitrogens with one attached hydrogen (secondary N) is 2. The summed E-state index contributed by atoms with van der Waals surface area (Å²) in [6.07, 6.45) is 1.63. The van der Waals surface area contributed by atoms with E-state index in [0.29, 0.717) is 41.3 Å². The maximum Gasteiger partial charge on any atom is 0.325 e. The zero-order valence-corrected chi connectivity index (χ0v) is 18.3. The summed E-state index contributed by atoms with van der Waals surface area (Å²) in [5, 5.41) is 5.98. The maximum atomic E-state index is 13.2. The fourth-order valence-electron chi connectivity index (χ4n) is 4.16. The molecule has 2 aromatic rings. The zero-order valence-electron chi connectivity index (χ0n) is 17.6. The summed E-state index contributed by atoms with van der Waals surface area (Å²) in [6.45, 7) is 2.01. The Hall–Kier alpha value is -3.39. The second-order valence-electron chi connectivity index (χ2n) is 7.83. The highest BCUT2D eigenvalue weighted by Crippen LogP contribution is 2.33. The molecule has 9 heteroatoms. The van der Waals surface area contributed by atoms with E-state index in [4.69, 9.17) is 11.6 Å². The van der Waals surface area contributed by atoms with Crippen LogP contribution in [0.4, 0.5) is 16.2 Å². The maximum absolute atomic E-state index is 13.2. The molecule has 2 aromatic carbocycles. The highest BCUT2D eigenvalue weighted by molar-refractivity contribution is 6.30. The average molecular weight is 455 g/mol. The minimum Gasteiger partial charge on any atom is -0.324 e. The summed E-state index contributed by atoms with van der Waals surface area (Å²) >= 11 is 5.95. The fraction of sp³-hybridized carbons (Fsp3) is 0.304. The van der Waals surface area contributed by atoms with Crippen LogP contribution < -0.4 is 15.5 Å². The van der Waals surface area contributed by atoms with Crippen LogP contribution in [0.2, 0.25) is 5.02 Å². The van der Waals surface area contributed by atoms with E-state index in [0.717, 1.165) is 11.3 Å². The smallest absolute Gasteiger partial charge is 0.324 e. The number of anilines is 2. The molecule has 4 rings (SSSR count). The highest BCUT2D eigenvalue weighted by atomic mass is 35.5. The monoisotopic (exact) mass is 454 g/mol. The van der Waals surface area contributed by atoms with E-state index in [2.05, 4.69) is 10.6 Å². The Kier molecular flexibility index (Phi) is 5.88. The number of benzene rings is 2. The van der Waals surface area contributed by atoms with Gasteiger partial charge in [0.2, 0.25) is 11.8 Å². The van der Waals surface area contributed by atoms with Gasteiger partial charge >= 0.3 is 6.03 Å². The lowest BCUT2D eigenvalue weighted by Crippen LogP contribution is -2.44. The Labute approximate surface area is 190 Å². The second-order valence-corrected chi connectivity index (χ2v) is 8.27. The second kappa shape index (κ2) is 8.63.